The highest BCUT2D eigenvalue weighted by atomic mass is 32.1. The molecule has 0 spiro atoms. The van der Waals surface area contributed by atoms with Gasteiger partial charge in [-0.05, 0) is 37.3 Å². The number of para-hydroxylation sites is 1. The Morgan fingerprint density at radius 2 is 1.95 bits per heavy atom. The molecule has 0 radical (unpaired) electrons. The summed E-state index contributed by atoms with van der Waals surface area (Å²) < 4.78 is 10.8. The average Bonchev–Trinajstić information content (AvgIpc) is 2.98. The fraction of sp³-hybridized carbons (Fsp3) is 0.267. The smallest absolute Gasteiger partial charge is 0.166 e. The Morgan fingerprint density at radius 1 is 1.15 bits per heavy atom. The number of hydrogen-bond acceptors (Lipinski definition) is 3. The van der Waals surface area contributed by atoms with Crippen LogP contribution >= 0.6 is 12.2 Å². The normalized spacial score (nSPS) is 10.1. The summed E-state index contributed by atoms with van der Waals surface area (Å²) in [7, 11) is 0. The van der Waals surface area contributed by atoms with E-state index in [0.717, 1.165) is 17.1 Å². The molecular formula is C15H18N2O2S. The summed E-state index contributed by atoms with van der Waals surface area (Å²) >= 11 is 5.23. The number of rotatable bonds is 6. The molecule has 2 aromatic rings. The van der Waals surface area contributed by atoms with Crippen molar-refractivity contribution in [1.82, 2.24) is 10.6 Å². The number of ether oxygens (including phenoxy) is 1. The first kappa shape index (κ1) is 14.4. The Kier molecular flexibility index (Phi) is 5.43. The lowest BCUT2D eigenvalue weighted by Gasteiger charge is -2.12. The molecule has 1 aromatic carbocycles. The lowest BCUT2D eigenvalue weighted by molar-refractivity contribution is 0.336. The zero-order valence-corrected chi connectivity index (χ0v) is 12.2. The zero-order valence-electron chi connectivity index (χ0n) is 11.4. The lowest BCUT2D eigenvalue weighted by Crippen LogP contribution is -2.34. The van der Waals surface area contributed by atoms with E-state index in [2.05, 4.69) is 10.6 Å². The van der Waals surface area contributed by atoms with E-state index in [4.69, 9.17) is 21.4 Å². The van der Waals surface area contributed by atoms with Crippen LogP contribution in [-0.4, -0.2) is 11.7 Å². The third kappa shape index (κ3) is 4.28. The molecule has 0 aliphatic rings. The Bertz CT molecular complexity index is 541. The summed E-state index contributed by atoms with van der Waals surface area (Å²) in [6, 6.07) is 11.7. The highest BCUT2D eigenvalue weighted by Gasteiger charge is 2.03. The van der Waals surface area contributed by atoms with Crippen molar-refractivity contribution < 1.29 is 9.15 Å². The first-order chi connectivity index (χ1) is 9.79. The van der Waals surface area contributed by atoms with Gasteiger partial charge in [-0.15, -0.1) is 0 Å². The number of furan rings is 1. The molecule has 0 unspecified atom stereocenters. The third-order valence-corrected chi connectivity index (χ3v) is 3.00. The fourth-order valence-corrected chi connectivity index (χ4v) is 1.91. The van der Waals surface area contributed by atoms with Gasteiger partial charge in [0.15, 0.2) is 5.11 Å². The number of nitrogens with one attached hydrogen (secondary N) is 2. The molecular weight excluding hydrogens is 272 g/mol. The molecule has 0 atom stereocenters. The summed E-state index contributed by atoms with van der Waals surface area (Å²) in [5, 5.41) is 6.84. The van der Waals surface area contributed by atoms with Gasteiger partial charge in [-0.2, -0.15) is 0 Å². The molecule has 106 valence electrons. The Balaban J connectivity index is 1.81. The van der Waals surface area contributed by atoms with Gasteiger partial charge in [-0.3, -0.25) is 0 Å². The van der Waals surface area contributed by atoms with Gasteiger partial charge in [0.1, 0.15) is 11.5 Å². The standard InChI is InChI=1S/C15H18N2O2S/c1-2-18-14-8-4-3-6-12(14)10-16-15(20)17-11-13-7-5-9-19-13/h3-9H,2,10-11H2,1H3,(H2,16,17,20). The van der Waals surface area contributed by atoms with Gasteiger partial charge in [0.2, 0.25) is 0 Å². The van der Waals surface area contributed by atoms with E-state index in [1.807, 2.05) is 43.3 Å². The van der Waals surface area contributed by atoms with Crippen molar-refractivity contribution in [2.45, 2.75) is 20.0 Å². The highest BCUT2D eigenvalue weighted by molar-refractivity contribution is 7.80. The molecule has 0 saturated heterocycles. The van der Waals surface area contributed by atoms with Crippen LogP contribution in [0.5, 0.6) is 5.75 Å². The SMILES string of the molecule is CCOc1ccccc1CNC(=S)NCc1ccco1. The van der Waals surface area contributed by atoms with Crippen LogP contribution in [0.4, 0.5) is 0 Å². The molecule has 20 heavy (non-hydrogen) atoms. The van der Waals surface area contributed by atoms with E-state index in [1.165, 1.54) is 0 Å². The van der Waals surface area contributed by atoms with Gasteiger partial charge in [-0.25, -0.2) is 0 Å². The van der Waals surface area contributed by atoms with Crippen molar-refractivity contribution >= 4 is 17.3 Å². The van der Waals surface area contributed by atoms with Crippen LogP contribution < -0.4 is 15.4 Å². The molecule has 0 aliphatic heterocycles. The van der Waals surface area contributed by atoms with Gasteiger partial charge >= 0.3 is 0 Å². The zero-order chi connectivity index (χ0) is 14.2. The molecule has 1 heterocycles. The molecule has 0 aliphatic carbocycles. The molecule has 4 nitrogen and oxygen atoms in total. The topological polar surface area (TPSA) is 46.4 Å². The van der Waals surface area contributed by atoms with Gasteiger partial charge in [-0.1, -0.05) is 18.2 Å². The third-order valence-electron chi connectivity index (χ3n) is 2.72. The second kappa shape index (κ2) is 7.55. The Labute approximate surface area is 124 Å². The fourth-order valence-electron chi connectivity index (χ4n) is 1.76. The summed E-state index contributed by atoms with van der Waals surface area (Å²) in [6.45, 7) is 3.82. The van der Waals surface area contributed by atoms with Crippen LogP contribution in [0.15, 0.2) is 47.1 Å². The van der Waals surface area contributed by atoms with Gasteiger partial charge in [0.25, 0.3) is 0 Å². The maximum absolute atomic E-state index is 5.57. The molecule has 2 rings (SSSR count). The van der Waals surface area contributed by atoms with Crippen molar-refractivity contribution in [2.75, 3.05) is 6.61 Å². The minimum absolute atomic E-state index is 0.575. The van der Waals surface area contributed by atoms with Crippen LogP contribution in [0.2, 0.25) is 0 Å². The average molecular weight is 290 g/mol. The quantitative estimate of drug-likeness (QED) is 0.801. The van der Waals surface area contributed by atoms with Crippen LogP contribution in [0.25, 0.3) is 0 Å². The predicted molar refractivity (Wildman–Crippen MR) is 82.6 cm³/mol. The second-order valence-corrected chi connectivity index (χ2v) is 4.56. The molecule has 5 heteroatoms. The largest absolute Gasteiger partial charge is 0.494 e. The van der Waals surface area contributed by atoms with E-state index in [0.29, 0.717) is 24.8 Å². The molecule has 0 fully saturated rings. The van der Waals surface area contributed by atoms with Gasteiger partial charge < -0.3 is 19.8 Å². The van der Waals surface area contributed by atoms with E-state index in [9.17, 15) is 0 Å². The summed E-state index contributed by atoms with van der Waals surface area (Å²) in [5.41, 5.74) is 1.08. The van der Waals surface area contributed by atoms with Crippen molar-refractivity contribution in [3.05, 3.63) is 54.0 Å². The monoisotopic (exact) mass is 290 g/mol. The van der Waals surface area contributed by atoms with E-state index in [-0.39, 0.29) is 0 Å². The first-order valence-corrected chi connectivity index (χ1v) is 6.95. The van der Waals surface area contributed by atoms with Crippen molar-refractivity contribution in [2.24, 2.45) is 0 Å². The van der Waals surface area contributed by atoms with Crippen LogP contribution in [0.1, 0.15) is 18.2 Å². The Morgan fingerprint density at radius 3 is 2.70 bits per heavy atom. The minimum atomic E-state index is 0.575. The van der Waals surface area contributed by atoms with Gasteiger partial charge in [0.05, 0.1) is 19.4 Å². The van der Waals surface area contributed by atoms with Crippen LogP contribution in [-0.2, 0) is 13.1 Å². The lowest BCUT2D eigenvalue weighted by atomic mass is 10.2. The van der Waals surface area contributed by atoms with E-state index >= 15 is 0 Å². The van der Waals surface area contributed by atoms with Crippen LogP contribution in [0.3, 0.4) is 0 Å². The van der Waals surface area contributed by atoms with Gasteiger partial charge in [0, 0.05) is 12.1 Å². The number of thiocarbonyl (C=S) groups is 1. The predicted octanol–water partition coefficient (Wildman–Crippen LogP) is 2.84. The number of hydrogen-bond donors (Lipinski definition) is 2. The van der Waals surface area contributed by atoms with E-state index in [1.54, 1.807) is 6.26 Å². The van der Waals surface area contributed by atoms with Crippen molar-refractivity contribution in [1.29, 1.82) is 0 Å². The minimum Gasteiger partial charge on any atom is -0.494 e. The maximum Gasteiger partial charge on any atom is 0.166 e. The molecule has 0 bridgehead atoms. The van der Waals surface area contributed by atoms with E-state index < -0.39 is 0 Å². The second-order valence-electron chi connectivity index (χ2n) is 4.16. The molecule has 1 aromatic heterocycles. The molecule has 0 amide bonds. The molecule has 0 saturated carbocycles. The summed E-state index contributed by atoms with van der Waals surface area (Å²) in [6.07, 6.45) is 1.64. The van der Waals surface area contributed by atoms with Crippen molar-refractivity contribution in [3.8, 4) is 5.75 Å². The Hall–Kier alpha value is -2.01. The van der Waals surface area contributed by atoms with Crippen LogP contribution in [0, 0.1) is 0 Å². The van der Waals surface area contributed by atoms with Crippen molar-refractivity contribution in [3.63, 3.8) is 0 Å². The first-order valence-electron chi connectivity index (χ1n) is 6.54. The highest BCUT2D eigenvalue weighted by Crippen LogP contribution is 2.17. The molecule has 2 N–H and O–H groups in total. The summed E-state index contributed by atoms with van der Waals surface area (Å²) in [4.78, 5) is 0. The maximum atomic E-state index is 5.57. The summed E-state index contributed by atoms with van der Waals surface area (Å²) in [5.74, 6) is 1.74. The number of benzene rings is 1.